The fourth-order valence-corrected chi connectivity index (χ4v) is 2.83. The molecule has 1 N–H and O–H groups in total. The third-order valence-corrected chi connectivity index (χ3v) is 4.18. The Kier molecular flexibility index (Phi) is 4.25. The molecule has 3 aromatic carbocycles. The van der Waals surface area contributed by atoms with Gasteiger partial charge in [-0.25, -0.2) is 0 Å². The number of benzene rings is 3. The first kappa shape index (κ1) is 15.2. The van der Waals surface area contributed by atoms with Crippen LogP contribution in [0, 0.1) is 0 Å². The summed E-state index contributed by atoms with van der Waals surface area (Å²) in [7, 11) is 0. The molecule has 0 atom stereocenters. The van der Waals surface area contributed by atoms with Gasteiger partial charge in [-0.05, 0) is 58.7 Å². The third-order valence-electron chi connectivity index (χ3n) is 4.18. The second-order valence-electron chi connectivity index (χ2n) is 5.88. The average Bonchev–Trinajstić information content (AvgIpc) is 2.71. The molecular formula is C23H18N2. The van der Waals surface area contributed by atoms with Crippen LogP contribution in [0.3, 0.4) is 0 Å². The van der Waals surface area contributed by atoms with Crippen molar-refractivity contribution in [1.82, 2.24) is 4.98 Å². The van der Waals surface area contributed by atoms with Crippen LogP contribution in [-0.2, 0) is 0 Å². The van der Waals surface area contributed by atoms with Crippen molar-refractivity contribution in [2.75, 3.05) is 5.32 Å². The molecule has 2 heteroatoms. The zero-order valence-corrected chi connectivity index (χ0v) is 13.8. The number of hydrogen-bond donors (Lipinski definition) is 1. The van der Waals surface area contributed by atoms with Crippen molar-refractivity contribution in [3.63, 3.8) is 0 Å². The zero-order chi connectivity index (χ0) is 16.9. The van der Waals surface area contributed by atoms with Crippen LogP contribution in [0.5, 0.6) is 0 Å². The molecular weight excluding hydrogens is 304 g/mol. The number of aromatic nitrogens is 1. The Labute approximate surface area is 147 Å². The maximum atomic E-state index is 4.06. The number of rotatable bonds is 4. The molecule has 0 spiro atoms. The van der Waals surface area contributed by atoms with Gasteiger partial charge in [0.1, 0.15) is 0 Å². The van der Waals surface area contributed by atoms with E-state index in [9.17, 15) is 0 Å². The summed E-state index contributed by atoms with van der Waals surface area (Å²) in [6.45, 7) is 0. The summed E-state index contributed by atoms with van der Waals surface area (Å²) in [4.78, 5) is 4.06. The molecule has 0 aliphatic heterocycles. The first-order chi connectivity index (χ1) is 12.4. The van der Waals surface area contributed by atoms with E-state index in [-0.39, 0.29) is 0 Å². The first-order valence-corrected chi connectivity index (χ1v) is 8.31. The topological polar surface area (TPSA) is 24.9 Å². The number of hydrogen-bond acceptors (Lipinski definition) is 2. The van der Waals surface area contributed by atoms with Gasteiger partial charge in [-0.2, -0.15) is 0 Å². The molecule has 120 valence electrons. The van der Waals surface area contributed by atoms with Crippen LogP contribution in [0.1, 0.15) is 0 Å². The van der Waals surface area contributed by atoms with E-state index in [1.54, 1.807) is 0 Å². The number of nitrogens with zero attached hydrogens (tertiary/aromatic N) is 1. The summed E-state index contributed by atoms with van der Waals surface area (Å²) in [5.74, 6) is 0. The quantitative estimate of drug-likeness (QED) is 0.487. The van der Waals surface area contributed by atoms with Gasteiger partial charge in [0.25, 0.3) is 0 Å². The third kappa shape index (κ3) is 3.59. The SMILES string of the molecule is c1ccc(-c2ccc(Nc3ccc(-c4ccncc4)cc3)cc2)cc1. The molecule has 0 unspecified atom stereocenters. The van der Waals surface area contributed by atoms with Gasteiger partial charge in [0, 0.05) is 23.8 Å². The van der Waals surface area contributed by atoms with E-state index in [2.05, 4.69) is 83.1 Å². The zero-order valence-electron chi connectivity index (χ0n) is 13.8. The van der Waals surface area contributed by atoms with Gasteiger partial charge in [-0.3, -0.25) is 4.98 Å². The Bertz CT molecular complexity index is 848. The number of pyridine rings is 1. The molecule has 4 aromatic rings. The molecule has 25 heavy (non-hydrogen) atoms. The second kappa shape index (κ2) is 7.02. The lowest BCUT2D eigenvalue weighted by Crippen LogP contribution is -1.90. The van der Waals surface area contributed by atoms with Gasteiger partial charge in [0.05, 0.1) is 0 Å². The summed E-state index contributed by atoms with van der Waals surface area (Å²) >= 11 is 0. The molecule has 0 aliphatic rings. The first-order valence-electron chi connectivity index (χ1n) is 8.31. The predicted octanol–water partition coefficient (Wildman–Crippen LogP) is 6.16. The minimum atomic E-state index is 1.07. The van der Waals surface area contributed by atoms with Crippen LogP contribution in [0.25, 0.3) is 22.3 Å². The van der Waals surface area contributed by atoms with Crippen molar-refractivity contribution in [3.05, 3.63) is 103 Å². The van der Waals surface area contributed by atoms with Crippen LogP contribution in [-0.4, -0.2) is 4.98 Å². The normalized spacial score (nSPS) is 10.4. The van der Waals surface area contributed by atoms with Crippen LogP contribution < -0.4 is 5.32 Å². The fourth-order valence-electron chi connectivity index (χ4n) is 2.83. The van der Waals surface area contributed by atoms with Gasteiger partial charge >= 0.3 is 0 Å². The molecule has 0 saturated carbocycles. The molecule has 4 rings (SSSR count). The Balaban J connectivity index is 1.49. The number of nitrogens with one attached hydrogen (secondary N) is 1. The maximum absolute atomic E-state index is 4.06. The minimum absolute atomic E-state index is 1.07. The molecule has 0 saturated heterocycles. The second-order valence-corrected chi connectivity index (χ2v) is 5.88. The van der Waals surface area contributed by atoms with E-state index < -0.39 is 0 Å². The highest BCUT2D eigenvalue weighted by Crippen LogP contribution is 2.25. The summed E-state index contributed by atoms with van der Waals surface area (Å²) < 4.78 is 0. The lowest BCUT2D eigenvalue weighted by Gasteiger charge is -2.09. The van der Waals surface area contributed by atoms with Crippen molar-refractivity contribution >= 4 is 11.4 Å². The minimum Gasteiger partial charge on any atom is -0.356 e. The van der Waals surface area contributed by atoms with Crippen molar-refractivity contribution in [2.45, 2.75) is 0 Å². The molecule has 0 bridgehead atoms. The van der Waals surface area contributed by atoms with E-state index in [0.717, 1.165) is 11.4 Å². The molecule has 0 amide bonds. The molecule has 0 fully saturated rings. The van der Waals surface area contributed by atoms with Crippen LogP contribution in [0.2, 0.25) is 0 Å². The van der Waals surface area contributed by atoms with Crippen LogP contribution in [0.4, 0.5) is 11.4 Å². The lowest BCUT2D eigenvalue weighted by atomic mass is 10.1. The van der Waals surface area contributed by atoms with Gasteiger partial charge in [-0.1, -0.05) is 54.6 Å². The van der Waals surface area contributed by atoms with E-state index in [1.807, 2.05) is 30.6 Å². The molecule has 0 aliphatic carbocycles. The average molecular weight is 322 g/mol. The lowest BCUT2D eigenvalue weighted by molar-refractivity contribution is 1.33. The summed E-state index contributed by atoms with van der Waals surface area (Å²) in [5, 5.41) is 3.45. The van der Waals surface area contributed by atoms with Gasteiger partial charge < -0.3 is 5.32 Å². The Morgan fingerprint density at radius 1 is 0.440 bits per heavy atom. The standard InChI is InChI=1S/C23H18N2/c1-2-4-18(5-3-1)19-6-10-22(11-7-19)25-23-12-8-20(9-13-23)21-14-16-24-17-15-21/h1-17,25H. The highest BCUT2D eigenvalue weighted by atomic mass is 14.9. The highest BCUT2D eigenvalue weighted by molar-refractivity contribution is 5.70. The smallest absolute Gasteiger partial charge is 0.0384 e. The van der Waals surface area contributed by atoms with Crippen molar-refractivity contribution in [3.8, 4) is 22.3 Å². The van der Waals surface area contributed by atoms with E-state index in [1.165, 1.54) is 22.3 Å². The van der Waals surface area contributed by atoms with Gasteiger partial charge in [0.2, 0.25) is 0 Å². The Morgan fingerprint density at radius 3 is 1.40 bits per heavy atom. The van der Waals surface area contributed by atoms with Crippen LogP contribution >= 0.6 is 0 Å². The van der Waals surface area contributed by atoms with Gasteiger partial charge in [0.15, 0.2) is 0 Å². The van der Waals surface area contributed by atoms with E-state index >= 15 is 0 Å². The maximum Gasteiger partial charge on any atom is 0.0384 e. The molecule has 2 nitrogen and oxygen atoms in total. The number of anilines is 2. The largest absolute Gasteiger partial charge is 0.356 e. The van der Waals surface area contributed by atoms with Crippen LogP contribution in [0.15, 0.2) is 103 Å². The monoisotopic (exact) mass is 322 g/mol. The molecule has 1 heterocycles. The van der Waals surface area contributed by atoms with E-state index in [0.29, 0.717) is 0 Å². The summed E-state index contributed by atoms with van der Waals surface area (Å²) in [6.07, 6.45) is 3.63. The van der Waals surface area contributed by atoms with Gasteiger partial charge in [-0.15, -0.1) is 0 Å². The Hall–Kier alpha value is -3.39. The Morgan fingerprint density at radius 2 is 0.880 bits per heavy atom. The molecule has 1 aromatic heterocycles. The fraction of sp³-hybridized carbons (Fsp3) is 0. The highest BCUT2D eigenvalue weighted by Gasteiger charge is 2.00. The molecule has 0 radical (unpaired) electrons. The summed E-state index contributed by atoms with van der Waals surface area (Å²) in [6, 6.07) is 31.4. The van der Waals surface area contributed by atoms with E-state index in [4.69, 9.17) is 0 Å². The summed E-state index contributed by atoms with van der Waals surface area (Å²) in [5.41, 5.74) is 6.97. The predicted molar refractivity (Wildman–Crippen MR) is 105 cm³/mol. The van der Waals surface area contributed by atoms with Crippen molar-refractivity contribution < 1.29 is 0 Å². The van der Waals surface area contributed by atoms with Crippen molar-refractivity contribution in [1.29, 1.82) is 0 Å². The van der Waals surface area contributed by atoms with Crippen molar-refractivity contribution in [2.24, 2.45) is 0 Å².